The Balaban J connectivity index is 1.66. The van der Waals surface area contributed by atoms with Gasteiger partial charge in [0.25, 0.3) is 0 Å². The molecule has 9 heteroatoms. The quantitative estimate of drug-likeness (QED) is 0.581. The van der Waals surface area contributed by atoms with Crippen LogP contribution in [0.15, 0.2) is 36.4 Å². The number of rotatable bonds is 9. The first kappa shape index (κ1) is 25.2. The zero-order chi connectivity index (χ0) is 24.7. The molecule has 2 atom stereocenters. The van der Waals surface area contributed by atoms with Crippen LogP contribution in [0.2, 0.25) is 5.02 Å². The summed E-state index contributed by atoms with van der Waals surface area (Å²) >= 11 is 6.02. The van der Waals surface area contributed by atoms with Gasteiger partial charge in [-0.2, -0.15) is 5.26 Å². The van der Waals surface area contributed by atoms with E-state index < -0.39 is 12.1 Å². The second kappa shape index (κ2) is 11.6. The van der Waals surface area contributed by atoms with E-state index in [0.717, 1.165) is 12.0 Å². The number of hydrogen-bond acceptors (Lipinski definition) is 6. The van der Waals surface area contributed by atoms with Gasteiger partial charge >= 0.3 is 0 Å². The van der Waals surface area contributed by atoms with Gasteiger partial charge in [0.05, 0.1) is 27.4 Å². The molecule has 1 N–H and O–H groups in total. The summed E-state index contributed by atoms with van der Waals surface area (Å²) in [5.41, 5.74) is 1.45. The standard InChI is InChI=1S/C25H28ClN3O5/c1-32-21-12-16(13-22(33-2)24(21)34-3)9-10-23(30)29-11-5-8-20(29)25(31)28-19(15-27)17-6-4-7-18(26)14-17/h4,6-7,12-14,19-20H,5,8-11H2,1-3H3,(H,28,31)/t19?,20-/m0/s1. The number of carbonyl (C=O) groups excluding carboxylic acids is 2. The van der Waals surface area contributed by atoms with Gasteiger partial charge < -0.3 is 24.4 Å². The van der Waals surface area contributed by atoms with E-state index in [1.807, 2.05) is 12.1 Å². The lowest BCUT2D eigenvalue weighted by Gasteiger charge is -2.25. The van der Waals surface area contributed by atoms with Crippen LogP contribution in [0.1, 0.15) is 36.4 Å². The minimum Gasteiger partial charge on any atom is -0.493 e. The zero-order valence-electron chi connectivity index (χ0n) is 19.5. The van der Waals surface area contributed by atoms with Crippen LogP contribution in [0.25, 0.3) is 0 Å². The molecule has 1 fully saturated rings. The lowest BCUT2D eigenvalue weighted by molar-refractivity contribution is -0.138. The lowest BCUT2D eigenvalue weighted by atomic mass is 10.1. The number of nitrogens with one attached hydrogen (secondary N) is 1. The van der Waals surface area contributed by atoms with Crippen LogP contribution in [-0.2, 0) is 16.0 Å². The van der Waals surface area contributed by atoms with E-state index in [0.29, 0.717) is 47.2 Å². The Labute approximate surface area is 204 Å². The zero-order valence-corrected chi connectivity index (χ0v) is 20.2. The molecule has 0 spiro atoms. The highest BCUT2D eigenvalue weighted by molar-refractivity contribution is 6.30. The average molecular weight is 486 g/mol. The van der Waals surface area contributed by atoms with E-state index in [-0.39, 0.29) is 18.2 Å². The monoisotopic (exact) mass is 485 g/mol. The fraction of sp³-hybridized carbons (Fsp3) is 0.400. The van der Waals surface area contributed by atoms with Crippen molar-refractivity contribution in [3.8, 4) is 23.3 Å². The number of hydrogen-bond donors (Lipinski definition) is 1. The molecule has 8 nitrogen and oxygen atoms in total. The van der Waals surface area contributed by atoms with E-state index in [1.165, 1.54) is 21.3 Å². The van der Waals surface area contributed by atoms with Crippen molar-refractivity contribution in [1.29, 1.82) is 5.26 Å². The van der Waals surface area contributed by atoms with Crippen molar-refractivity contribution >= 4 is 23.4 Å². The van der Waals surface area contributed by atoms with Crippen LogP contribution in [0.4, 0.5) is 0 Å². The summed E-state index contributed by atoms with van der Waals surface area (Å²) < 4.78 is 16.1. The first-order valence-corrected chi connectivity index (χ1v) is 11.3. The van der Waals surface area contributed by atoms with Crippen LogP contribution in [0.3, 0.4) is 0 Å². The number of carbonyl (C=O) groups is 2. The maximum Gasteiger partial charge on any atom is 0.244 e. The van der Waals surface area contributed by atoms with Gasteiger partial charge in [-0.05, 0) is 54.7 Å². The minimum atomic E-state index is -0.844. The van der Waals surface area contributed by atoms with Gasteiger partial charge in [-0.1, -0.05) is 23.7 Å². The van der Waals surface area contributed by atoms with E-state index in [9.17, 15) is 14.9 Å². The Bertz CT molecular complexity index is 1060. The molecule has 0 aromatic heterocycles. The van der Waals surface area contributed by atoms with E-state index in [2.05, 4.69) is 11.4 Å². The summed E-state index contributed by atoms with van der Waals surface area (Å²) in [6, 6.07) is 11.1. The van der Waals surface area contributed by atoms with E-state index in [4.69, 9.17) is 25.8 Å². The molecule has 1 unspecified atom stereocenters. The molecule has 0 radical (unpaired) electrons. The highest BCUT2D eigenvalue weighted by atomic mass is 35.5. The molecular formula is C25H28ClN3O5. The fourth-order valence-electron chi connectivity index (χ4n) is 4.13. The van der Waals surface area contributed by atoms with Crippen molar-refractivity contribution in [3.05, 3.63) is 52.5 Å². The predicted octanol–water partition coefficient (Wildman–Crippen LogP) is 3.67. The normalized spacial score (nSPS) is 15.9. The molecule has 0 saturated carbocycles. The first-order valence-electron chi connectivity index (χ1n) is 11.0. The number of nitrogens with zero attached hydrogens (tertiary/aromatic N) is 2. The summed E-state index contributed by atoms with van der Waals surface area (Å²) in [7, 11) is 4.61. The Morgan fingerprint density at radius 1 is 1.18 bits per heavy atom. The number of ether oxygens (including phenoxy) is 3. The third-order valence-corrected chi connectivity index (χ3v) is 6.06. The second-order valence-corrected chi connectivity index (χ2v) is 8.34. The summed E-state index contributed by atoms with van der Waals surface area (Å²) in [6.07, 6.45) is 1.94. The Morgan fingerprint density at radius 3 is 2.47 bits per heavy atom. The van der Waals surface area contributed by atoms with Crippen molar-refractivity contribution < 1.29 is 23.8 Å². The number of nitriles is 1. The van der Waals surface area contributed by atoms with Crippen molar-refractivity contribution in [2.75, 3.05) is 27.9 Å². The van der Waals surface area contributed by atoms with E-state index >= 15 is 0 Å². The molecule has 180 valence electrons. The maximum atomic E-state index is 13.0. The van der Waals surface area contributed by atoms with Crippen LogP contribution in [0.5, 0.6) is 17.2 Å². The highest BCUT2D eigenvalue weighted by Crippen LogP contribution is 2.38. The van der Waals surface area contributed by atoms with E-state index in [1.54, 1.807) is 29.2 Å². The molecule has 2 amide bonds. The third kappa shape index (κ3) is 5.72. The predicted molar refractivity (Wildman–Crippen MR) is 127 cm³/mol. The summed E-state index contributed by atoms with van der Waals surface area (Å²) in [5.74, 6) is 1.06. The Morgan fingerprint density at radius 2 is 1.88 bits per heavy atom. The lowest BCUT2D eigenvalue weighted by Crippen LogP contribution is -2.46. The van der Waals surface area contributed by atoms with Gasteiger partial charge in [-0.25, -0.2) is 0 Å². The maximum absolute atomic E-state index is 13.0. The number of halogens is 1. The number of benzene rings is 2. The van der Waals surface area contributed by atoms with Crippen LogP contribution in [0, 0.1) is 11.3 Å². The molecule has 0 aliphatic carbocycles. The second-order valence-electron chi connectivity index (χ2n) is 7.90. The molecule has 3 rings (SSSR count). The van der Waals surface area contributed by atoms with Gasteiger partial charge in [0.2, 0.25) is 17.6 Å². The topological polar surface area (TPSA) is 101 Å². The molecule has 1 aliphatic heterocycles. The number of amides is 2. The van der Waals surface area contributed by atoms with Crippen molar-refractivity contribution in [2.45, 2.75) is 37.8 Å². The average Bonchev–Trinajstić information content (AvgIpc) is 3.35. The van der Waals surface area contributed by atoms with Crippen molar-refractivity contribution in [2.24, 2.45) is 0 Å². The molecule has 1 aliphatic rings. The SMILES string of the molecule is COc1cc(CCC(=O)N2CCC[C@H]2C(=O)NC(C#N)c2cccc(Cl)c2)cc(OC)c1OC. The number of methoxy groups -OCH3 is 3. The first-order chi connectivity index (χ1) is 16.4. The molecular weight excluding hydrogens is 458 g/mol. The Kier molecular flexibility index (Phi) is 8.61. The molecule has 1 heterocycles. The van der Waals surface area contributed by atoms with Gasteiger partial charge in [0.1, 0.15) is 12.1 Å². The smallest absolute Gasteiger partial charge is 0.244 e. The molecule has 1 saturated heterocycles. The summed E-state index contributed by atoms with van der Waals surface area (Å²) in [5, 5.41) is 12.8. The van der Waals surface area contributed by atoms with Crippen molar-refractivity contribution in [1.82, 2.24) is 10.2 Å². The molecule has 0 bridgehead atoms. The van der Waals surface area contributed by atoms with Crippen LogP contribution >= 0.6 is 11.6 Å². The van der Waals surface area contributed by atoms with Gasteiger partial charge in [0.15, 0.2) is 11.5 Å². The van der Waals surface area contributed by atoms with Gasteiger partial charge in [0, 0.05) is 18.0 Å². The third-order valence-electron chi connectivity index (χ3n) is 5.83. The molecule has 34 heavy (non-hydrogen) atoms. The Hall–Kier alpha value is -3.44. The largest absolute Gasteiger partial charge is 0.493 e. The summed E-state index contributed by atoms with van der Waals surface area (Å²) in [6.45, 7) is 0.501. The van der Waals surface area contributed by atoms with Crippen molar-refractivity contribution in [3.63, 3.8) is 0 Å². The highest BCUT2D eigenvalue weighted by Gasteiger charge is 2.34. The number of likely N-dealkylation sites (tertiary alicyclic amines) is 1. The molecule has 2 aromatic carbocycles. The number of aryl methyl sites for hydroxylation is 1. The van der Waals surface area contributed by atoms with Gasteiger partial charge in [-0.3, -0.25) is 9.59 Å². The van der Waals surface area contributed by atoms with Gasteiger partial charge in [-0.15, -0.1) is 0 Å². The molecule has 2 aromatic rings. The fourth-order valence-corrected chi connectivity index (χ4v) is 4.33. The minimum absolute atomic E-state index is 0.123. The van der Waals surface area contributed by atoms with Crippen LogP contribution < -0.4 is 19.5 Å². The van der Waals surface area contributed by atoms with Crippen LogP contribution in [-0.4, -0.2) is 50.6 Å². The summed E-state index contributed by atoms with van der Waals surface area (Å²) in [4.78, 5) is 27.6.